The summed E-state index contributed by atoms with van der Waals surface area (Å²) in [5.41, 5.74) is 10.6. The molecule has 6 heteroatoms. The second kappa shape index (κ2) is 8.80. The third-order valence-corrected chi connectivity index (χ3v) is 5.21. The topological polar surface area (TPSA) is 73.6 Å². The lowest BCUT2D eigenvalue weighted by Gasteiger charge is -2.14. The second-order valence-corrected chi connectivity index (χ2v) is 7.05. The fraction of sp³-hybridized carbons (Fsp3) is 0.160. The summed E-state index contributed by atoms with van der Waals surface area (Å²) in [5.74, 6) is 5.15. The fourth-order valence-electron chi connectivity index (χ4n) is 3.75. The highest BCUT2D eigenvalue weighted by Gasteiger charge is 2.28. The van der Waals surface area contributed by atoms with Crippen LogP contribution in [0.4, 0.5) is 14.9 Å². The van der Waals surface area contributed by atoms with Crippen molar-refractivity contribution < 1.29 is 18.7 Å². The number of halogens is 1. The van der Waals surface area contributed by atoms with Crippen LogP contribution in [0.3, 0.4) is 0 Å². The molecule has 0 fully saturated rings. The number of methoxy groups -OCH3 is 1. The van der Waals surface area contributed by atoms with Crippen LogP contribution in [0.15, 0.2) is 60.7 Å². The molecule has 3 aromatic carbocycles. The number of alkyl carbamates (subject to hydrolysis) is 1. The van der Waals surface area contributed by atoms with Crippen molar-refractivity contribution >= 4 is 11.8 Å². The Morgan fingerprint density at radius 3 is 2.39 bits per heavy atom. The van der Waals surface area contributed by atoms with Crippen LogP contribution in [0, 0.1) is 17.7 Å². The Bertz CT molecular complexity index is 1150. The van der Waals surface area contributed by atoms with Gasteiger partial charge >= 0.3 is 6.09 Å². The van der Waals surface area contributed by atoms with Crippen LogP contribution in [-0.2, 0) is 4.74 Å². The normalized spacial score (nSPS) is 11.7. The van der Waals surface area contributed by atoms with Crippen molar-refractivity contribution in [1.29, 1.82) is 0 Å². The van der Waals surface area contributed by atoms with Crippen molar-refractivity contribution in [3.05, 3.63) is 83.2 Å². The van der Waals surface area contributed by atoms with Gasteiger partial charge in [0.2, 0.25) is 0 Å². The largest absolute Gasteiger partial charge is 0.495 e. The van der Waals surface area contributed by atoms with Gasteiger partial charge in [0.15, 0.2) is 0 Å². The molecule has 0 heterocycles. The number of nitrogens with one attached hydrogen (secondary N) is 1. The van der Waals surface area contributed by atoms with Crippen molar-refractivity contribution in [3.8, 4) is 28.7 Å². The Labute approximate surface area is 180 Å². The van der Waals surface area contributed by atoms with Crippen molar-refractivity contribution in [2.75, 3.05) is 26.0 Å². The lowest BCUT2D eigenvalue weighted by molar-refractivity contribution is 0.144. The number of rotatable bonds is 4. The highest BCUT2D eigenvalue weighted by atomic mass is 19.1. The number of amides is 1. The number of nitrogen functional groups attached to an aromatic ring is 1. The first-order valence-electron chi connectivity index (χ1n) is 9.79. The van der Waals surface area contributed by atoms with Crippen LogP contribution >= 0.6 is 0 Å². The van der Waals surface area contributed by atoms with Gasteiger partial charge in [-0.2, -0.15) is 0 Å². The van der Waals surface area contributed by atoms with E-state index in [4.69, 9.17) is 15.2 Å². The number of fused-ring (bicyclic) bond motifs is 3. The summed E-state index contributed by atoms with van der Waals surface area (Å²) in [6, 6.07) is 18.8. The molecule has 0 unspecified atom stereocenters. The molecule has 3 N–H and O–H groups in total. The summed E-state index contributed by atoms with van der Waals surface area (Å²) < 4.78 is 24.4. The van der Waals surface area contributed by atoms with Crippen LogP contribution in [0.25, 0.3) is 11.1 Å². The molecule has 1 amide bonds. The third kappa shape index (κ3) is 4.17. The minimum Gasteiger partial charge on any atom is -0.495 e. The number of hydrogen-bond acceptors (Lipinski definition) is 4. The van der Waals surface area contributed by atoms with Crippen LogP contribution in [-0.4, -0.2) is 26.4 Å². The molecule has 5 nitrogen and oxygen atoms in total. The first-order valence-corrected chi connectivity index (χ1v) is 9.79. The Morgan fingerprint density at radius 2 is 1.74 bits per heavy atom. The smallest absolute Gasteiger partial charge is 0.407 e. The summed E-state index contributed by atoms with van der Waals surface area (Å²) in [4.78, 5) is 12.1. The van der Waals surface area contributed by atoms with Gasteiger partial charge in [-0.25, -0.2) is 9.18 Å². The van der Waals surface area contributed by atoms with E-state index in [2.05, 4.69) is 41.4 Å². The first kappa shape index (κ1) is 20.3. The minimum absolute atomic E-state index is 0.0134. The average molecular weight is 416 g/mol. The SMILES string of the molecule is COc1cc(C#CCNC(=O)OCC2c3ccccc3-c3ccccc32)c(F)cc1N. The van der Waals surface area contributed by atoms with Crippen molar-refractivity contribution in [2.45, 2.75) is 5.92 Å². The second-order valence-electron chi connectivity index (χ2n) is 7.05. The van der Waals surface area contributed by atoms with E-state index in [0.717, 1.165) is 17.2 Å². The molecule has 0 bridgehead atoms. The predicted octanol–water partition coefficient (Wildman–Crippen LogP) is 4.31. The lowest BCUT2D eigenvalue weighted by atomic mass is 9.98. The van der Waals surface area contributed by atoms with Gasteiger partial charge in [0, 0.05) is 18.1 Å². The quantitative estimate of drug-likeness (QED) is 0.491. The van der Waals surface area contributed by atoms with Gasteiger partial charge in [0.25, 0.3) is 0 Å². The number of ether oxygens (including phenoxy) is 2. The lowest BCUT2D eigenvalue weighted by Crippen LogP contribution is -2.26. The zero-order valence-electron chi connectivity index (χ0n) is 16.9. The van der Waals surface area contributed by atoms with Crippen molar-refractivity contribution in [3.63, 3.8) is 0 Å². The van der Waals surface area contributed by atoms with E-state index in [0.29, 0.717) is 5.75 Å². The molecule has 0 aliphatic heterocycles. The Balaban J connectivity index is 1.36. The maximum atomic E-state index is 13.9. The summed E-state index contributed by atoms with van der Waals surface area (Å²) in [6.45, 7) is 0.236. The highest BCUT2D eigenvalue weighted by Crippen LogP contribution is 2.44. The maximum absolute atomic E-state index is 13.9. The number of carbonyl (C=O) groups is 1. The molecule has 0 aromatic heterocycles. The van der Waals surface area contributed by atoms with E-state index in [1.165, 1.54) is 24.3 Å². The number of nitrogens with two attached hydrogens (primary N) is 1. The van der Waals surface area contributed by atoms with Crippen LogP contribution in [0.1, 0.15) is 22.6 Å². The van der Waals surface area contributed by atoms with E-state index in [-0.39, 0.29) is 30.3 Å². The van der Waals surface area contributed by atoms with Crippen LogP contribution in [0.5, 0.6) is 5.75 Å². The molecular formula is C25H21FN2O3. The molecule has 4 rings (SSSR count). The molecule has 0 radical (unpaired) electrons. The van der Waals surface area contributed by atoms with E-state index in [1.807, 2.05) is 24.3 Å². The van der Waals surface area contributed by atoms with Crippen LogP contribution in [0.2, 0.25) is 0 Å². The number of hydrogen-bond donors (Lipinski definition) is 2. The zero-order valence-corrected chi connectivity index (χ0v) is 16.9. The first-order chi connectivity index (χ1) is 15.1. The molecule has 3 aromatic rings. The predicted molar refractivity (Wildman–Crippen MR) is 117 cm³/mol. The molecule has 0 atom stereocenters. The molecule has 156 valence electrons. The van der Waals surface area contributed by atoms with Gasteiger partial charge in [-0.05, 0) is 22.3 Å². The van der Waals surface area contributed by atoms with E-state index in [1.54, 1.807) is 0 Å². The van der Waals surface area contributed by atoms with Gasteiger partial charge in [-0.1, -0.05) is 60.4 Å². The van der Waals surface area contributed by atoms with E-state index >= 15 is 0 Å². The Kier molecular flexibility index (Phi) is 5.76. The maximum Gasteiger partial charge on any atom is 0.407 e. The number of anilines is 1. The molecule has 31 heavy (non-hydrogen) atoms. The van der Waals surface area contributed by atoms with Crippen molar-refractivity contribution in [2.24, 2.45) is 0 Å². The summed E-state index contributed by atoms with van der Waals surface area (Å²) in [6.07, 6.45) is -0.577. The number of benzene rings is 3. The third-order valence-electron chi connectivity index (χ3n) is 5.21. The minimum atomic E-state index is -0.577. The molecule has 0 spiro atoms. The summed E-state index contributed by atoms with van der Waals surface area (Å²) >= 11 is 0. The van der Waals surface area contributed by atoms with Crippen molar-refractivity contribution in [1.82, 2.24) is 5.32 Å². The molecule has 0 saturated carbocycles. The number of carbonyl (C=O) groups excluding carboxylic acids is 1. The zero-order chi connectivity index (χ0) is 21.8. The van der Waals surface area contributed by atoms with E-state index in [9.17, 15) is 9.18 Å². The van der Waals surface area contributed by atoms with E-state index < -0.39 is 11.9 Å². The summed E-state index contributed by atoms with van der Waals surface area (Å²) in [5, 5.41) is 2.57. The van der Waals surface area contributed by atoms with Gasteiger partial charge in [-0.3, -0.25) is 0 Å². The van der Waals surface area contributed by atoms with Crippen LogP contribution < -0.4 is 15.8 Å². The Morgan fingerprint density at radius 1 is 1.10 bits per heavy atom. The summed E-state index contributed by atoms with van der Waals surface area (Å²) in [7, 11) is 1.44. The average Bonchev–Trinajstić information content (AvgIpc) is 3.10. The van der Waals surface area contributed by atoms with Gasteiger partial charge in [-0.15, -0.1) is 0 Å². The molecule has 1 aliphatic rings. The fourth-order valence-corrected chi connectivity index (χ4v) is 3.75. The molecular weight excluding hydrogens is 395 g/mol. The van der Waals surface area contributed by atoms with Gasteiger partial charge in [0.1, 0.15) is 18.2 Å². The van der Waals surface area contributed by atoms with Gasteiger partial charge in [0.05, 0.1) is 24.9 Å². The monoisotopic (exact) mass is 416 g/mol. The highest BCUT2D eigenvalue weighted by molar-refractivity contribution is 5.79. The standard InChI is InChI=1S/C25H21FN2O3/c1-30-24-13-16(22(26)14-23(24)27)7-6-12-28-25(29)31-15-21-19-10-4-2-8-17(19)18-9-3-5-11-20(18)21/h2-5,8-11,13-14,21H,12,15,27H2,1H3,(H,28,29). The Hall–Kier alpha value is -3.98. The molecule has 0 saturated heterocycles. The van der Waals surface area contributed by atoms with Gasteiger partial charge < -0.3 is 20.5 Å². The molecule has 1 aliphatic carbocycles.